The molecule has 4 nitrogen and oxygen atoms in total. The quantitative estimate of drug-likeness (QED) is 0.414. The molecular formula is C27H34O4Si. The van der Waals surface area contributed by atoms with Crippen molar-refractivity contribution in [3.05, 3.63) is 84.3 Å². The van der Waals surface area contributed by atoms with E-state index >= 15 is 0 Å². The van der Waals surface area contributed by atoms with E-state index in [1.165, 1.54) is 10.4 Å². The summed E-state index contributed by atoms with van der Waals surface area (Å²) in [5, 5.41) is 2.23. The molecule has 0 saturated carbocycles. The lowest BCUT2D eigenvalue weighted by atomic mass is 9.78. The van der Waals surface area contributed by atoms with E-state index < -0.39 is 13.7 Å². The smallest absolute Gasteiger partial charge is 0.261 e. The highest BCUT2D eigenvalue weighted by Crippen LogP contribution is 2.45. The van der Waals surface area contributed by atoms with Gasteiger partial charge in [-0.05, 0) is 34.0 Å². The molecule has 5 heteroatoms. The average Bonchev–Trinajstić information content (AvgIpc) is 2.80. The number of hydrogen-bond acceptors (Lipinski definition) is 4. The van der Waals surface area contributed by atoms with E-state index in [0.29, 0.717) is 13.0 Å². The van der Waals surface area contributed by atoms with Gasteiger partial charge < -0.3 is 18.7 Å². The lowest BCUT2D eigenvalue weighted by Gasteiger charge is -2.46. The fourth-order valence-corrected chi connectivity index (χ4v) is 9.50. The molecule has 2 aromatic carbocycles. The molecule has 1 aliphatic rings. The maximum absolute atomic E-state index is 11.9. The van der Waals surface area contributed by atoms with E-state index in [4.69, 9.17) is 13.9 Å². The van der Waals surface area contributed by atoms with Gasteiger partial charge in [-0.15, -0.1) is 0 Å². The van der Waals surface area contributed by atoms with Crippen LogP contribution < -0.4 is 10.4 Å². The second kappa shape index (κ2) is 9.88. The molecule has 0 fully saturated rings. The van der Waals surface area contributed by atoms with Crippen molar-refractivity contribution >= 4 is 25.0 Å². The number of methoxy groups -OCH3 is 2. The molecule has 0 N–H and O–H groups in total. The van der Waals surface area contributed by atoms with Crippen LogP contribution in [0, 0.1) is 5.41 Å². The van der Waals surface area contributed by atoms with Crippen molar-refractivity contribution in [1.29, 1.82) is 0 Å². The zero-order valence-corrected chi connectivity index (χ0v) is 20.8. The van der Waals surface area contributed by atoms with Gasteiger partial charge in [-0.2, -0.15) is 0 Å². The van der Waals surface area contributed by atoms with Crippen LogP contribution in [0.1, 0.15) is 33.6 Å². The van der Waals surface area contributed by atoms with Gasteiger partial charge in [-0.1, -0.05) is 81.4 Å². The Balaban J connectivity index is 2.19. The van der Waals surface area contributed by atoms with E-state index in [1.54, 1.807) is 14.2 Å². The molecule has 0 bridgehead atoms. The summed E-state index contributed by atoms with van der Waals surface area (Å²) in [6.45, 7) is 7.02. The molecule has 2 aromatic rings. The molecule has 170 valence electrons. The van der Waals surface area contributed by atoms with Gasteiger partial charge in [0.05, 0.1) is 20.8 Å². The number of rotatable bonds is 9. The highest BCUT2D eigenvalue weighted by Gasteiger charge is 2.53. The zero-order valence-electron chi connectivity index (χ0n) is 19.8. The van der Waals surface area contributed by atoms with Crippen molar-refractivity contribution in [2.75, 3.05) is 20.8 Å². The monoisotopic (exact) mass is 450 g/mol. The molecule has 1 aliphatic carbocycles. The van der Waals surface area contributed by atoms with Crippen LogP contribution in [0.4, 0.5) is 0 Å². The number of allylic oxidation sites excluding steroid dienone is 2. The number of carbonyl (C=O) groups excluding carboxylic acids is 1. The molecule has 0 atom stereocenters. The number of aldehydes is 1. The summed E-state index contributed by atoms with van der Waals surface area (Å²) in [4.78, 5) is 11.9. The molecule has 0 aliphatic heterocycles. The first-order chi connectivity index (χ1) is 15.4. The van der Waals surface area contributed by atoms with Crippen LogP contribution in [0.2, 0.25) is 5.04 Å². The van der Waals surface area contributed by atoms with Crippen molar-refractivity contribution in [2.45, 2.75) is 38.7 Å². The van der Waals surface area contributed by atoms with Gasteiger partial charge in [0.15, 0.2) is 0 Å². The fourth-order valence-electron chi connectivity index (χ4n) is 4.88. The average molecular weight is 451 g/mol. The number of carbonyl (C=O) groups is 1. The first-order valence-corrected chi connectivity index (χ1v) is 12.9. The van der Waals surface area contributed by atoms with Crippen LogP contribution in [0.25, 0.3) is 0 Å². The van der Waals surface area contributed by atoms with Crippen molar-refractivity contribution in [1.82, 2.24) is 0 Å². The fraction of sp³-hybridized carbons (Fsp3) is 0.370. The maximum atomic E-state index is 11.9. The third-order valence-corrected chi connectivity index (χ3v) is 11.4. The number of ether oxygens (including phenoxy) is 2. The van der Waals surface area contributed by atoms with Gasteiger partial charge in [-0.3, -0.25) is 0 Å². The third-order valence-electron chi connectivity index (χ3n) is 6.37. The normalized spacial score (nSPS) is 16.0. The molecule has 3 rings (SSSR count). The number of benzene rings is 2. The Morgan fingerprint density at radius 2 is 1.34 bits per heavy atom. The number of hydrogen-bond donors (Lipinski definition) is 0. The molecule has 0 aromatic heterocycles. The van der Waals surface area contributed by atoms with Crippen LogP contribution in [0.15, 0.2) is 84.3 Å². The maximum Gasteiger partial charge on any atom is 0.261 e. The van der Waals surface area contributed by atoms with Crippen LogP contribution in [0.5, 0.6) is 0 Å². The SMILES string of the molecule is COC1=CCC=C(OC)C1(CC=O)CO[Si](c1ccccc1)(c1ccccc1)C(C)(C)C. The zero-order chi connectivity index (χ0) is 23.2. The minimum atomic E-state index is -2.78. The molecular weight excluding hydrogens is 416 g/mol. The second-order valence-electron chi connectivity index (χ2n) is 9.19. The molecule has 0 saturated heterocycles. The summed E-state index contributed by atoms with van der Waals surface area (Å²) in [5.41, 5.74) is -0.781. The Hall–Kier alpha value is -2.63. The highest BCUT2D eigenvalue weighted by atomic mass is 28.4. The van der Waals surface area contributed by atoms with Crippen molar-refractivity contribution in [3.63, 3.8) is 0 Å². The summed E-state index contributed by atoms with van der Waals surface area (Å²) in [5.74, 6) is 1.45. The van der Waals surface area contributed by atoms with Crippen molar-refractivity contribution in [2.24, 2.45) is 5.41 Å². The largest absolute Gasteiger partial charge is 0.500 e. The standard InChI is InChI=1S/C27H34O4Si/c1-26(2,3)32(22-13-8-6-9-14-22,23-15-10-7-11-16-23)31-21-27(19-20-28)24(29-4)17-12-18-25(27)30-5/h6-11,13-18,20H,12,19,21H2,1-5H3. The summed E-state index contributed by atoms with van der Waals surface area (Å²) in [6.07, 6.45) is 5.89. The Morgan fingerprint density at radius 3 is 1.72 bits per heavy atom. The summed E-state index contributed by atoms with van der Waals surface area (Å²) < 4.78 is 18.7. The first kappa shape index (κ1) is 24.0. The lowest BCUT2D eigenvalue weighted by molar-refractivity contribution is -0.110. The molecule has 0 heterocycles. The second-order valence-corrected chi connectivity index (χ2v) is 13.5. The van der Waals surface area contributed by atoms with Crippen LogP contribution in [-0.4, -0.2) is 35.4 Å². The Morgan fingerprint density at radius 1 is 0.875 bits per heavy atom. The van der Waals surface area contributed by atoms with E-state index in [0.717, 1.165) is 17.8 Å². The van der Waals surface area contributed by atoms with Crippen LogP contribution >= 0.6 is 0 Å². The van der Waals surface area contributed by atoms with Crippen molar-refractivity contribution in [3.8, 4) is 0 Å². The summed E-state index contributed by atoms with van der Waals surface area (Å²) >= 11 is 0. The minimum Gasteiger partial charge on any atom is -0.500 e. The Bertz CT molecular complexity index is 899. The van der Waals surface area contributed by atoms with Gasteiger partial charge in [0.25, 0.3) is 8.32 Å². The van der Waals surface area contributed by atoms with Gasteiger partial charge in [0, 0.05) is 6.42 Å². The van der Waals surface area contributed by atoms with E-state index in [2.05, 4.69) is 69.3 Å². The Kier molecular flexibility index (Phi) is 7.42. The van der Waals surface area contributed by atoms with E-state index in [-0.39, 0.29) is 11.5 Å². The lowest BCUT2D eigenvalue weighted by Crippen LogP contribution is -2.67. The first-order valence-electron chi connectivity index (χ1n) is 11.0. The van der Waals surface area contributed by atoms with Gasteiger partial charge in [-0.25, -0.2) is 0 Å². The Labute approximate surface area is 193 Å². The topological polar surface area (TPSA) is 44.8 Å². The predicted molar refractivity (Wildman–Crippen MR) is 131 cm³/mol. The molecule has 0 amide bonds. The summed E-state index contributed by atoms with van der Waals surface area (Å²) in [7, 11) is 0.516. The molecule has 0 spiro atoms. The van der Waals surface area contributed by atoms with Gasteiger partial charge in [0.2, 0.25) is 0 Å². The van der Waals surface area contributed by atoms with Crippen molar-refractivity contribution < 1.29 is 18.7 Å². The van der Waals surface area contributed by atoms with Gasteiger partial charge >= 0.3 is 0 Å². The third kappa shape index (κ3) is 4.19. The van der Waals surface area contributed by atoms with E-state index in [1.807, 2.05) is 24.3 Å². The van der Waals surface area contributed by atoms with Crippen LogP contribution in [-0.2, 0) is 18.7 Å². The molecule has 32 heavy (non-hydrogen) atoms. The minimum absolute atomic E-state index is 0.166. The van der Waals surface area contributed by atoms with Crippen LogP contribution in [0.3, 0.4) is 0 Å². The highest BCUT2D eigenvalue weighted by molar-refractivity contribution is 6.99. The molecule has 0 radical (unpaired) electrons. The predicted octanol–water partition coefficient (Wildman–Crippen LogP) is 4.60. The van der Waals surface area contributed by atoms with E-state index in [9.17, 15) is 4.79 Å². The summed E-state index contributed by atoms with van der Waals surface area (Å²) in [6, 6.07) is 21.0. The van der Waals surface area contributed by atoms with Gasteiger partial charge in [0.1, 0.15) is 23.2 Å². The molecule has 0 unspecified atom stereocenters.